The molecule has 0 unspecified atom stereocenters. The number of benzene rings is 1. The number of rotatable bonds is 1. The highest BCUT2D eigenvalue weighted by atomic mass is 16.4. The van der Waals surface area contributed by atoms with Gasteiger partial charge in [-0.15, -0.1) is 10.2 Å². The van der Waals surface area contributed by atoms with Gasteiger partial charge < -0.3 is 5.11 Å². The SMILES string of the molecule is O=C(O)c1cc2ccccc2c2nnnc-2n1. The van der Waals surface area contributed by atoms with Crippen molar-refractivity contribution < 1.29 is 9.90 Å². The maximum atomic E-state index is 11.0. The van der Waals surface area contributed by atoms with Crippen LogP contribution in [0.4, 0.5) is 0 Å². The van der Waals surface area contributed by atoms with Crippen LogP contribution in [0.25, 0.3) is 22.3 Å². The van der Waals surface area contributed by atoms with Gasteiger partial charge in [0.25, 0.3) is 0 Å². The van der Waals surface area contributed by atoms with Crippen LogP contribution in [0, 0.1) is 0 Å². The number of hydrogen-bond acceptors (Lipinski definition) is 5. The number of nitrogens with zero attached hydrogens (tertiary/aromatic N) is 4. The van der Waals surface area contributed by atoms with Gasteiger partial charge in [-0.3, -0.25) is 0 Å². The molecule has 0 saturated carbocycles. The summed E-state index contributed by atoms with van der Waals surface area (Å²) >= 11 is 0. The molecular weight excluding hydrogens is 220 g/mol. The van der Waals surface area contributed by atoms with Gasteiger partial charge in [-0.05, 0) is 16.7 Å². The highest BCUT2D eigenvalue weighted by molar-refractivity contribution is 5.97. The summed E-state index contributed by atoms with van der Waals surface area (Å²) in [6, 6.07) is 8.81. The molecular formula is C11H6N4O2. The normalized spacial score (nSPS) is 10.8. The standard InChI is InChI=1S/C11H6N4O2/c16-11(17)8-5-6-3-1-2-4-7(6)9-10(12-8)14-15-13-9/h1-5H,(H,16,17). The van der Waals surface area contributed by atoms with Gasteiger partial charge in [-0.1, -0.05) is 24.3 Å². The van der Waals surface area contributed by atoms with Crippen LogP contribution in [0.15, 0.2) is 30.3 Å². The van der Waals surface area contributed by atoms with Crippen LogP contribution >= 0.6 is 0 Å². The molecule has 82 valence electrons. The summed E-state index contributed by atoms with van der Waals surface area (Å²) in [4.78, 5) is 15.0. The summed E-state index contributed by atoms with van der Waals surface area (Å²) in [6.07, 6.45) is 0. The van der Waals surface area contributed by atoms with E-state index in [2.05, 4.69) is 20.4 Å². The molecule has 0 spiro atoms. The van der Waals surface area contributed by atoms with Crippen molar-refractivity contribution in [3.05, 3.63) is 36.0 Å². The topological polar surface area (TPSA) is 88.9 Å². The first-order valence-electron chi connectivity index (χ1n) is 4.88. The van der Waals surface area contributed by atoms with E-state index in [9.17, 15) is 4.79 Å². The molecule has 2 aliphatic rings. The van der Waals surface area contributed by atoms with Crippen LogP contribution in [0.5, 0.6) is 0 Å². The number of hydrogen-bond donors (Lipinski definition) is 1. The molecule has 0 bridgehead atoms. The Hall–Kier alpha value is -2.63. The molecule has 17 heavy (non-hydrogen) atoms. The molecule has 0 saturated heterocycles. The van der Waals surface area contributed by atoms with Crippen LogP contribution in [0.3, 0.4) is 0 Å². The molecule has 6 heteroatoms. The predicted octanol–water partition coefficient (Wildman–Crippen LogP) is 1.22. The van der Waals surface area contributed by atoms with E-state index in [1.165, 1.54) is 6.07 Å². The van der Waals surface area contributed by atoms with E-state index >= 15 is 0 Å². The van der Waals surface area contributed by atoms with Gasteiger partial charge in [-0.2, -0.15) is 0 Å². The van der Waals surface area contributed by atoms with Crippen molar-refractivity contribution in [1.29, 1.82) is 0 Å². The second kappa shape index (κ2) is 3.44. The molecule has 0 aromatic heterocycles. The highest BCUT2D eigenvalue weighted by Gasteiger charge is 2.15. The lowest BCUT2D eigenvalue weighted by atomic mass is 10.1. The number of aromatic nitrogens is 4. The summed E-state index contributed by atoms with van der Waals surface area (Å²) < 4.78 is 0. The Morgan fingerprint density at radius 1 is 1.18 bits per heavy atom. The van der Waals surface area contributed by atoms with E-state index < -0.39 is 5.97 Å². The lowest BCUT2D eigenvalue weighted by Crippen LogP contribution is -1.98. The summed E-state index contributed by atoms with van der Waals surface area (Å²) in [6.45, 7) is 0. The Labute approximate surface area is 95.3 Å². The maximum Gasteiger partial charge on any atom is 0.354 e. The van der Waals surface area contributed by atoms with E-state index in [4.69, 9.17) is 5.11 Å². The maximum absolute atomic E-state index is 11.0. The van der Waals surface area contributed by atoms with Crippen LogP contribution in [-0.4, -0.2) is 31.5 Å². The molecule has 1 aromatic rings. The zero-order chi connectivity index (χ0) is 11.8. The molecule has 0 amide bonds. The number of carboxylic acids is 1. The molecule has 1 N–H and O–H groups in total. The lowest BCUT2D eigenvalue weighted by Gasteiger charge is -1.91. The van der Waals surface area contributed by atoms with Gasteiger partial charge >= 0.3 is 5.97 Å². The summed E-state index contributed by atoms with van der Waals surface area (Å²) in [7, 11) is 0. The number of carboxylic acid groups (broad SMARTS) is 1. The van der Waals surface area contributed by atoms with Crippen molar-refractivity contribution in [1.82, 2.24) is 20.4 Å². The van der Waals surface area contributed by atoms with Gasteiger partial charge in [0.05, 0.1) is 0 Å². The Bertz CT molecular complexity index is 698. The quantitative estimate of drug-likeness (QED) is 0.671. The van der Waals surface area contributed by atoms with Crippen molar-refractivity contribution in [2.24, 2.45) is 0 Å². The zero-order valence-corrected chi connectivity index (χ0v) is 8.53. The summed E-state index contributed by atoms with van der Waals surface area (Å²) in [5, 5.41) is 21.7. The smallest absolute Gasteiger partial charge is 0.354 e. The Kier molecular flexibility index (Phi) is 1.94. The minimum atomic E-state index is -1.10. The van der Waals surface area contributed by atoms with E-state index in [0.29, 0.717) is 5.69 Å². The van der Waals surface area contributed by atoms with Gasteiger partial charge in [0, 0.05) is 5.39 Å². The van der Waals surface area contributed by atoms with Gasteiger partial charge in [0.1, 0.15) is 5.69 Å². The van der Waals surface area contributed by atoms with Gasteiger partial charge in [0.2, 0.25) is 5.82 Å². The fourth-order valence-corrected chi connectivity index (χ4v) is 1.69. The average Bonchev–Trinajstić information content (AvgIpc) is 2.71. The number of aromatic carboxylic acids is 1. The van der Waals surface area contributed by atoms with Crippen LogP contribution in [0.1, 0.15) is 10.5 Å². The minimum absolute atomic E-state index is 0.0708. The minimum Gasteiger partial charge on any atom is -0.477 e. The van der Waals surface area contributed by atoms with Crippen LogP contribution in [0.2, 0.25) is 0 Å². The molecule has 0 aliphatic carbocycles. The molecule has 1 aromatic carbocycles. The van der Waals surface area contributed by atoms with E-state index in [0.717, 1.165) is 10.8 Å². The second-order valence-electron chi connectivity index (χ2n) is 3.50. The fraction of sp³-hybridized carbons (Fsp3) is 0. The fourth-order valence-electron chi connectivity index (χ4n) is 1.69. The number of carbonyl (C=O) groups is 1. The molecule has 0 fully saturated rings. The van der Waals surface area contributed by atoms with E-state index in [-0.39, 0.29) is 11.5 Å². The molecule has 0 radical (unpaired) electrons. The van der Waals surface area contributed by atoms with E-state index in [1.54, 1.807) is 6.07 Å². The Balaban J connectivity index is 2.50. The first-order valence-corrected chi connectivity index (χ1v) is 4.88. The van der Waals surface area contributed by atoms with Gasteiger partial charge in [-0.25, -0.2) is 9.78 Å². The molecule has 6 nitrogen and oxygen atoms in total. The third kappa shape index (κ3) is 1.46. The summed E-state index contributed by atoms with van der Waals surface area (Å²) in [5.41, 5.74) is 0.437. The third-order valence-corrected chi connectivity index (χ3v) is 2.45. The molecule has 3 rings (SSSR count). The van der Waals surface area contributed by atoms with Crippen molar-refractivity contribution in [3.63, 3.8) is 0 Å². The molecule has 2 heterocycles. The molecule has 0 atom stereocenters. The van der Waals surface area contributed by atoms with Gasteiger partial charge in [0.15, 0.2) is 5.69 Å². The van der Waals surface area contributed by atoms with Crippen molar-refractivity contribution in [2.45, 2.75) is 0 Å². The van der Waals surface area contributed by atoms with Crippen molar-refractivity contribution in [2.75, 3.05) is 0 Å². The highest BCUT2D eigenvalue weighted by Crippen LogP contribution is 2.24. The number of fused-ring (bicyclic) bond motifs is 3. The zero-order valence-electron chi connectivity index (χ0n) is 8.53. The van der Waals surface area contributed by atoms with E-state index in [1.807, 2.05) is 18.2 Å². The van der Waals surface area contributed by atoms with Crippen molar-refractivity contribution >= 4 is 16.7 Å². The first-order chi connectivity index (χ1) is 8.25. The van der Waals surface area contributed by atoms with Crippen LogP contribution < -0.4 is 0 Å². The van der Waals surface area contributed by atoms with Crippen LogP contribution in [-0.2, 0) is 0 Å². The Morgan fingerprint density at radius 3 is 2.82 bits per heavy atom. The first kappa shape index (κ1) is 9.59. The third-order valence-electron chi connectivity index (χ3n) is 2.45. The average molecular weight is 226 g/mol. The Morgan fingerprint density at radius 2 is 2.00 bits per heavy atom. The predicted molar refractivity (Wildman–Crippen MR) is 58.7 cm³/mol. The van der Waals surface area contributed by atoms with Crippen molar-refractivity contribution in [3.8, 4) is 11.5 Å². The molecule has 2 aliphatic heterocycles. The monoisotopic (exact) mass is 226 g/mol. The lowest BCUT2D eigenvalue weighted by molar-refractivity contribution is 0.0691. The summed E-state index contributed by atoms with van der Waals surface area (Å²) in [5.74, 6) is -0.862. The second-order valence-corrected chi connectivity index (χ2v) is 3.50. The largest absolute Gasteiger partial charge is 0.477 e.